The Morgan fingerprint density at radius 2 is 2.14 bits per heavy atom. The molecule has 2 aromatic rings. The van der Waals surface area contributed by atoms with Crippen LogP contribution in [-0.4, -0.2) is 32.1 Å². The van der Waals surface area contributed by atoms with Crippen molar-refractivity contribution in [3.8, 4) is 0 Å². The Morgan fingerprint density at radius 3 is 2.76 bits per heavy atom. The molecule has 0 saturated heterocycles. The van der Waals surface area contributed by atoms with Crippen molar-refractivity contribution in [2.75, 3.05) is 12.3 Å². The minimum Gasteiger partial charge on any atom is -0.461 e. The van der Waals surface area contributed by atoms with E-state index in [9.17, 15) is 4.79 Å². The molecule has 0 radical (unpaired) electrons. The van der Waals surface area contributed by atoms with Gasteiger partial charge in [0.25, 0.3) is 0 Å². The van der Waals surface area contributed by atoms with E-state index in [-0.39, 0.29) is 18.0 Å². The molecule has 8 heteroatoms. The lowest BCUT2D eigenvalue weighted by Crippen LogP contribution is -2.11. The molecular formula is C13H18ClN5O2. The maximum Gasteiger partial charge on any atom is 0.361 e. The fraction of sp³-hybridized carbons (Fsp3) is 0.462. The first-order chi connectivity index (χ1) is 9.97. The Hall–Kier alpha value is -2.02. The number of aromatic nitrogens is 4. The summed E-state index contributed by atoms with van der Waals surface area (Å²) in [6, 6.07) is 0. The van der Waals surface area contributed by atoms with Gasteiger partial charge >= 0.3 is 5.97 Å². The maximum atomic E-state index is 11.7. The van der Waals surface area contributed by atoms with Gasteiger partial charge in [-0.1, -0.05) is 11.6 Å². The molecule has 2 heterocycles. The van der Waals surface area contributed by atoms with Crippen LogP contribution in [-0.2, 0) is 17.8 Å². The number of anilines is 1. The molecule has 0 aliphatic heterocycles. The molecule has 0 aliphatic rings. The molecule has 0 unspecified atom stereocenters. The van der Waals surface area contributed by atoms with E-state index >= 15 is 0 Å². The van der Waals surface area contributed by atoms with Crippen LogP contribution in [0.1, 0.15) is 35.7 Å². The lowest BCUT2D eigenvalue weighted by Gasteiger charge is -2.05. The third-order valence-electron chi connectivity index (χ3n) is 3.02. The molecule has 0 atom stereocenters. The van der Waals surface area contributed by atoms with Gasteiger partial charge in [-0.15, -0.1) is 0 Å². The SMILES string of the molecule is CCOC(=O)c1nn(Cc2c(Cl)c(C)nn2CC)cc1N. The van der Waals surface area contributed by atoms with Gasteiger partial charge in [0.05, 0.1) is 35.2 Å². The van der Waals surface area contributed by atoms with Crippen LogP contribution in [0.2, 0.25) is 5.02 Å². The van der Waals surface area contributed by atoms with Crippen molar-refractivity contribution < 1.29 is 9.53 Å². The highest BCUT2D eigenvalue weighted by Gasteiger charge is 2.18. The molecule has 0 spiro atoms. The first-order valence-electron chi connectivity index (χ1n) is 6.69. The summed E-state index contributed by atoms with van der Waals surface area (Å²) in [7, 11) is 0. The fourth-order valence-electron chi connectivity index (χ4n) is 2.05. The van der Waals surface area contributed by atoms with Gasteiger partial charge in [0, 0.05) is 12.7 Å². The summed E-state index contributed by atoms with van der Waals surface area (Å²) in [5.41, 5.74) is 7.79. The number of hydrogen-bond donors (Lipinski definition) is 1. The smallest absolute Gasteiger partial charge is 0.361 e. The molecule has 0 aromatic carbocycles. The zero-order chi connectivity index (χ0) is 15.6. The minimum absolute atomic E-state index is 0.118. The highest BCUT2D eigenvalue weighted by atomic mass is 35.5. The average molecular weight is 312 g/mol. The van der Waals surface area contributed by atoms with E-state index in [2.05, 4.69) is 10.2 Å². The summed E-state index contributed by atoms with van der Waals surface area (Å²) < 4.78 is 8.28. The Bertz CT molecular complexity index is 662. The van der Waals surface area contributed by atoms with Crippen LogP contribution in [0.5, 0.6) is 0 Å². The topological polar surface area (TPSA) is 88.0 Å². The van der Waals surface area contributed by atoms with Crippen molar-refractivity contribution in [2.24, 2.45) is 0 Å². The molecule has 0 bridgehead atoms. The van der Waals surface area contributed by atoms with Crippen LogP contribution in [0.15, 0.2) is 6.20 Å². The fourth-order valence-corrected chi connectivity index (χ4v) is 2.24. The largest absolute Gasteiger partial charge is 0.461 e. The third-order valence-corrected chi connectivity index (χ3v) is 3.52. The second-order valence-corrected chi connectivity index (χ2v) is 4.89. The van der Waals surface area contributed by atoms with E-state index in [0.717, 1.165) is 11.4 Å². The van der Waals surface area contributed by atoms with Gasteiger partial charge in [0.15, 0.2) is 5.69 Å². The van der Waals surface area contributed by atoms with Crippen LogP contribution in [0.3, 0.4) is 0 Å². The summed E-state index contributed by atoms with van der Waals surface area (Å²) in [6.07, 6.45) is 1.59. The van der Waals surface area contributed by atoms with Crippen LogP contribution in [0, 0.1) is 6.92 Å². The van der Waals surface area contributed by atoms with Gasteiger partial charge < -0.3 is 10.5 Å². The quantitative estimate of drug-likeness (QED) is 0.852. The number of aryl methyl sites for hydroxylation is 2. The predicted octanol–water partition coefficient (Wildman–Crippen LogP) is 1.87. The zero-order valence-corrected chi connectivity index (χ0v) is 13.0. The number of halogens is 1. The monoisotopic (exact) mass is 311 g/mol. The lowest BCUT2D eigenvalue weighted by molar-refractivity contribution is 0.0519. The molecule has 7 nitrogen and oxygen atoms in total. The van der Waals surface area contributed by atoms with E-state index in [4.69, 9.17) is 22.1 Å². The first-order valence-corrected chi connectivity index (χ1v) is 7.07. The van der Waals surface area contributed by atoms with Crippen molar-refractivity contribution in [2.45, 2.75) is 33.9 Å². The second-order valence-electron chi connectivity index (χ2n) is 4.51. The number of nitrogens with two attached hydrogens (primary N) is 1. The maximum absolute atomic E-state index is 11.7. The number of rotatable bonds is 5. The van der Waals surface area contributed by atoms with Crippen LogP contribution in [0.25, 0.3) is 0 Å². The summed E-state index contributed by atoms with van der Waals surface area (Å²) >= 11 is 6.25. The van der Waals surface area contributed by atoms with Crippen molar-refractivity contribution >= 4 is 23.3 Å². The summed E-state index contributed by atoms with van der Waals surface area (Å²) in [5, 5.41) is 9.11. The van der Waals surface area contributed by atoms with Crippen LogP contribution >= 0.6 is 11.6 Å². The van der Waals surface area contributed by atoms with Crippen molar-refractivity contribution in [3.05, 3.63) is 28.3 Å². The average Bonchev–Trinajstić information content (AvgIpc) is 2.94. The number of nitrogen functional groups attached to an aromatic ring is 1. The molecular weight excluding hydrogens is 294 g/mol. The first kappa shape index (κ1) is 15.4. The van der Waals surface area contributed by atoms with Gasteiger partial charge in [0.2, 0.25) is 0 Å². The highest BCUT2D eigenvalue weighted by molar-refractivity contribution is 6.31. The van der Waals surface area contributed by atoms with E-state index in [1.54, 1.807) is 22.5 Å². The standard InChI is InChI=1S/C13H18ClN5O2/c1-4-19-10(11(14)8(3)16-19)7-18-6-9(15)12(17-18)13(20)21-5-2/h6H,4-5,7,15H2,1-3H3. The van der Waals surface area contributed by atoms with Crippen molar-refractivity contribution in [1.29, 1.82) is 0 Å². The third kappa shape index (κ3) is 3.02. The van der Waals surface area contributed by atoms with Crippen LogP contribution < -0.4 is 5.73 Å². The molecule has 2 N–H and O–H groups in total. The Morgan fingerprint density at radius 1 is 1.43 bits per heavy atom. The van der Waals surface area contributed by atoms with E-state index in [1.807, 2.05) is 13.8 Å². The van der Waals surface area contributed by atoms with E-state index in [0.29, 0.717) is 18.1 Å². The molecule has 114 valence electrons. The second kappa shape index (κ2) is 6.17. The molecule has 0 saturated carbocycles. The summed E-state index contributed by atoms with van der Waals surface area (Å²) in [4.78, 5) is 11.7. The Balaban J connectivity index is 2.29. The number of carbonyl (C=O) groups excluding carboxylic acids is 1. The number of nitrogens with zero attached hydrogens (tertiary/aromatic N) is 4. The minimum atomic E-state index is -0.528. The molecule has 0 amide bonds. The molecule has 0 fully saturated rings. The molecule has 2 rings (SSSR count). The summed E-state index contributed by atoms with van der Waals surface area (Å²) in [5.74, 6) is -0.528. The van der Waals surface area contributed by atoms with Crippen molar-refractivity contribution in [1.82, 2.24) is 19.6 Å². The normalized spacial score (nSPS) is 10.9. The van der Waals surface area contributed by atoms with Gasteiger partial charge in [-0.25, -0.2) is 4.79 Å². The number of hydrogen-bond acceptors (Lipinski definition) is 5. The van der Waals surface area contributed by atoms with Crippen molar-refractivity contribution in [3.63, 3.8) is 0 Å². The van der Waals surface area contributed by atoms with Gasteiger partial charge in [-0.3, -0.25) is 9.36 Å². The van der Waals surface area contributed by atoms with Crippen LogP contribution in [0.4, 0.5) is 5.69 Å². The number of esters is 1. The summed E-state index contributed by atoms with van der Waals surface area (Å²) in [6.45, 7) is 6.92. The highest BCUT2D eigenvalue weighted by Crippen LogP contribution is 2.22. The van der Waals surface area contributed by atoms with Gasteiger partial charge in [-0.2, -0.15) is 10.2 Å². The number of carbonyl (C=O) groups is 1. The van der Waals surface area contributed by atoms with E-state index in [1.165, 1.54) is 0 Å². The number of ether oxygens (including phenoxy) is 1. The van der Waals surface area contributed by atoms with Gasteiger partial charge in [-0.05, 0) is 20.8 Å². The predicted molar refractivity (Wildman–Crippen MR) is 79.3 cm³/mol. The lowest BCUT2D eigenvalue weighted by atomic mass is 10.3. The molecule has 21 heavy (non-hydrogen) atoms. The zero-order valence-electron chi connectivity index (χ0n) is 12.3. The van der Waals surface area contributed by atoms with E-state index < -0.39 is 5.97 Å². The Kier molecular flexibility index (Phi) is 4.52. The molecule has 0 aliphatic carbocycles. The molecule has 2 aromatic heterocycles. The Labute approximate surface area is 127 Å². The van der Waals surface area contributed by atoms with Gasteiger partial charge in [0.1, 0.15) is 0 Å².